The molecule has 2 heterocycles. The molecule has 0 atom stereocenters. The minimum absolute atomic E-state index is 0.0730. The van der Waals surface area contributed by atoms with Crippen molar-refractivity contribution in [3.63, 3.8) is 0 Å². The topological polar surface area (TPSA) is 102 Å². The number of hydrogen-bond donors (Lipinski definition) is 2. The summed E-state index contributed by atoms with van der Waals surface area (Å²) in [7, 11) is -3.09. The van der Waals surface area contributed by atoms with Crippen LogP contribution in [0, 0.1) is 0 Å². The van der Waals surface area contributed by atoms with Crippen LogP contribution in [0.25, 0.3) is 10.1 Å². The molecule has 1 amide bonds. The highest BCUT2D eigenvalue weighted by atomic mass is 32.2. The second kappa shape index (κ2) is 5.14. The van der Waals surface area contributed by atoms with E-state index in [0.29, 0.717) is 10.6 Å². The lowest BCUT2D eigenvalue weighted by Gasteiger charge is -2.03. The van der Waals surface area contributed by atoms with Crippen LogP contribution >= 0.6 is 11.3 Å². The second-order valence-corrected chi connectivity index (χ2v) is 7.41. The van der Waals surface area contributed by atoms with Gasteiger partial charge in [-0.2, -0.15) is 0 Å². The van der Waals surface area contributed by atoms with E-state index in [0.717, 1.165) is 16.3 Å². The average molecular weight is 299 g/mol. The van der Waals surface area contributed by atoms with Crippen LogP contribution in [-0.2, 0) is 9.84 Å². The quantitative estimate of drug-likeness (QED) is 0.863. The zero-order valence-corrected chi connectivity index (χ0v) is 11.8. The summed E-state index contributed by atoms with van der Waals surface area (Å²) >= 11 is 1.24. The van der Waals surface area contributed by atoms with E-state index in [1.165, 1.54) is 11.3 Å². The Kier molecular flexibility index (Phi) is 3.72. The number of hydrogen-bond acceptors (Lipinski definition) is 6. The van der Waals surface area contributed by atoms with Gasteiger partial charge < -0.3 is 11.1 Å². The molecule has 3 N–H and O–H groups in total. The monoisotopic (exact) mass is 299 g/mol. The molecular formula is C11H13N3O3S2. The Labute approximate surface area is 114 Å². The fraction of sp³-hybridized carbons (Fsp3) is 0.273. The Hall–Kier alpha value is -1.67. The number of nitrogen functional groups attached to an aromatic ring is 1. The van der Waals surface area contributed by atoms with Crippen LogP contribution in [0.1, 0.15) is 9.67 Å². The van der Waals surface area contributed by atoms with Gasteiger partial charge in [-0.3, -0.25) is 9.78 Å². The van der Waals surface area contributed by atoms with Crippen molar-refractivity contribution >= 4 is 42.9 Å². The fourth-order valence-electron chi connectivity index (χ4n) is 1.57. The van der Waals surface area contributed by atoms with Gasteiger partial charge in [0.2, 0.25) is 0 Å². The molecular weight excluding hydrogens is 286 g/mol. The molecule has 102 valence electrons. The molecule has 0 bridgehead atoms. The van der Waals surface area contributed by atoms with Crippen molar-refractivity contribution in [3.8, 4) is 0 Å². The Balaban J connectivity index is 2.16. The van der Waals surface area contributed by atoms with Crippen LogP contribution < -0.4 is 11.1 Å². The Bertz CT molecular complexity index is 722. The molecule has 0 radical (unpaired) electrons. The van der Waals surface area contributed by atoms with Crippen molar-refractivity contribution in [1.82, 2.24) is 10.3 Å². The number of amides is 1. The highest BCUT2D eigenvalue weighted by Gasteiger charge is 2.16. The van der Waals surface area contributed by atoms with E-state index in [-0.39, 0.29) is 18.2 Å². The second-order valence-electron chi connectivity index (χ2n) is 4.10. The van der Waals surface area contributed by atoms with Crippen LogP contribution in [0.3, 0.4) is 0 Å². The van der Waals surface area contributed by atoms with Gasteiger partial charge in [0, 0.05) is 30.6 Å². The lowest BCUT2D eigenvalue weighted by atomic mass is 10.2. The van der Waals surface area contributed by atoms with Gasteiger partial charge in [-0.15, -0.1) is 11.3 Å². The van der Waals surface area contributed by atoms with Gasteiger partial charge in [-0.1, -0.05) is 0 Å². The predicted octanol–water partition coefficient (Wildman–Crippen LogP) is 0.653. The van der Waals surface area contributed by atoms with Gasteiger partial charge in [0.15, 0.2) is 0 Å². The molecule has 0 fully saturated rings. The van der Waals surface area contributed by atoms with Gasteiger partial charge in [0.1, 0.15) is 14.7 Å². The number of rotatable bonds is 4. The number of carbonyl (C=O) groups excluding carboxylic acids is 1. The predicted molar refractivity (Wildman–Crippen MR) is 76.1 cm³/mol. The number of carbonyl (C=O) groups is 1. The standard InChI is InChI=1S/C11H13N3O3S2/c1-19(16,17)5-4-14-11(15)10-9(12)7-2-3-13-6-8(7)18-10/h2-3,6H,4-5,12H2,1H3,(H,14,15). The zero-order valence-electron chi connectivity index (χ0n) is 10.2. The molecule has 0 saturated heterocycles. The SMILES string of the molecule is CS(=O)(=O)CCNC(=O)c1sc2cnccc2c1N. The third kappa shape index (κ3) is 3.21. The molecule has 19 heavy (non-hydrogen) atoms. The summed E-state index contributed by atoms with van der Waals surface area (Å²) < 4.78 is 22.8. The van der Waals surface area contributed by atoms with Crippen LogP contribution in [0.2, 0.25) is 0 Å². The van der Waals surface area contributed by atoms with E-state index in [1.807, 2.05) is 0 Å². The van der Waals surface area contributed by atoms with Gasteiger partial charge in [-0.05, 0) is 6.07 Å². The number of sulfone groups is 1. The van der Waals surface area contributed by atoms with Crippen molar-refractivity contribution in [2.75, 3.05) is 24.3 Å². The fourth-order valence-corrected chi connectivity index (χ4v) is 3.05. The first kappa shape index (κ1) is 13.8. The molecule has 0 saturated carbocycles. The first-order valence-electron chi connectivity index (χ1n) is 5.46. The van der Waals surface area contributed by atoms with Crippen LogP contribution in [-0.4, -0.2) is 37.9 Å². The van der Waals surface area contributed by atoms with Gasteiger partial charge in [0.25, 0.3) is 5.91 Å². The maximum atomic E-state index is 11.9. The smallest absolute Gasteiger partial charge is 0.263 e. The van der Waals surface area contributed by atoms with Crippen molar-refractivity contribution in [2.24, 2.45) is 0 Å². The Morgan fingerprint density at radius 1 is 1.53 bits per heavy atom. The first-order valence-corrected chi connectivity index (χ1v) is 8.34. The lowest BCUT2D eigenvalue weighted by molar-refractivity contribution is 0.0961. The van der Waals surface area contributed by atoms with E-state index >= 15 is 0 Å². The summed E-state index contributed by atoms with van der Waals surface area (Å²) in [5.74, 6) is -0.451. The molecule has 0 aromatic carbocycles. The number of fused-ring (bicyclic) bond motifs is 1. The molecule has 0 spiro atoms. The number of nitrogens with zero attached hydrogens (tertiary/aromatic N) is 1. The number of aromatic nitrogens is 1. The maximum Gasteiger partial charge on any atom is 0.263 e. The normalized spacial score (nSPS) is 11.6. The molecule has 0 aliphatic carbocycles. The molecule has 2 rings (SSSR count). The van der Waals surface area contributed by atoms with Crippen molar-refractivity contribution < 1.29 is 13.2 Å². The zero-order chi connectivity index (χ0) is 14.0. The Morgan fingerprint density at radius 3 is 2.89 bits per heavy atom. The van der Waals surface area contributed by atoms with Crippen molar-refractivity contribution in [3.05, 3.63) is 23.3 Å². The number of anilines is 1. The highest BCUT2D eigenvalue weighted by Crippen LogP contribution is 2.32. The van der Waals surface area contributed by atoms with Crippen LogP contribution in [0.15, 0.2) is 18.5 Å². The highest BCUT2D eigenvalue weighted by molar-refractivity contribution is 7.90. The molecule has 6 nitrogen and oxygen atoms in total. The molecule has 0 unspecified atom stereocenters. The summed E-state index contributed by atoms with van der Waals surface area (Å²) in [5.41, 5.74) is 6.30. The summed E-state index contributed by atoms with van der Waals surface area (Å²) in [4.78, 5) is 16.3. The number of thiophene rings is 1. The van der Waals surface area contributed by atoms with E-state index in [4.69, 9.17) is 5.73 Å². The van der Waals surface area contributed by atoms with E-state index < -0.39 is 9.84 Å². The average Bonchev–Trinajstić information content (AvgIpc) is 2.66. The van der Waals surface area contributed by atoms with Gasteiger partial charge in [0.05, 0.1) is 16.1 Å². The Morgan fingerprint density at radius 2 is 2.26 bits per heavy atom. The minimum Gasteiger partial charge on any atom is -0.397 e. The lowest BCUT2D eigenvalue weighted by Crippen LogP contribution is -2.28. The third-order valence-electron chi connectivity index (χ3n) is 2.50. The largest absolute Gasteiger partial charge is 0.397 e. The van der Waals surface area contributed by atoms with E-state index in [1.54, 1.807) is 18.5 Å². The van der Waals surface area contributed by atoms with Crippen LogP contribution in [0.4, 0.5) is 5.69 Å². The molecule has 0 aliphatic rings. The first-order chi connectivity index (χ1) is 8.88. The van der Waals surface area contributed by atoms with E-state index in [2.05, 4.69) is 10.3 Å². The number of nitrogens with two attached hydrogens (primary N) is 1. The van der Waals surface area contributed by atoms with Gasteiger partial charge in [-0.25, -0.2) is 8.42 Å². The molecule has 0 aliphatic heterocycles. The summed E-state index contributed by atoms with van der Waals surface area (Å²) in [6.07, 6.45) is 4.37. The molecule has 2 aromatic rings. The van der Waals surface area contributed by atoms with Crippen molar-refractivity contribution in [1.29, 1.82) is 0 Å². The minimum atomic E-state index is -3.09. The maximum absolute atomic E-state index is 11.9. The number of nitrogens with one attached hydrogen (secondary N) is 1. The third-order valence-corrected chi connectivity index (χ3v) is 4.60. The van der Waals surface area contributed by atoms with Crippen molar-refractivity contribution in [2.45, 2.75) is 0 Å². The molecule has 8 heteroatoms. The molecule has 2 aromatic heterocycles. The van der Waals surface area contributed by atoms with Gasteiger partial charge >= 0.3 is 0 Å². The summed E-state index contributed by atoms with van der Waals surface area (Å²) in [6.45, 7) is 0.0730. The summed E-state index contributed by atoms with van der Waals surface area (Å²) in [6, 6.07) is 1.74. The van der Waals surface area contributed by atoms with E-state index in [9.17, 15) is 13.2 Å². The van der Waals surface area contributed by atoms with Crippen LogP contribution in [0.5, 0.6) is 0 Å². The summed E-state index contributed by atoms with van der Waals surface area (Å²) in [5, 5.41) is 3.33. The number of pyridine rings is 1.